The molecule has 102 valence electrons. The summed E-state index contributed by atoms with van der Waals surface area (Å²) in [5.74, 6) is 0.822. The number of likely N-dealkylation sites (N-methyl/N-ethyl adjacent to an activating group) is 1. The van der Waals surface area contributed by atoms with Gasteiger partial charge in [-0.2, -0.15) is 11.8 Å². The van der Waals surface area contributed by atoms with E-state index in [0.717, 1.165) is 18.7 Å². The third-order valence-electron chi connectivity index (χ3n) is 2.88. The lowest BCUT2D eigenvalue weighted by Crippen LogP contribution is -2.38. The van der Waals surface area contributed by atoms with Crippen LogP contribution in [0, 0.1) is 0 Å². The molecule has 0 heterocycles. The molecule has 0 aromatic heterocycles. The van der Waals surface area contributed by atoms with Crippen molar-refractivity contribution in [1.82, 2.24) is 4.90 Å². The highest BCUT2D eigenvalue weighted by atomic mass is 32.2. The van der Waals surface area contributed by atoms with Crippen molar-refractivity contribution in [2.75, 3.05) is 26.0 Å². The fourth-order valence-corrected chi connectivity index (χ4v) is 2.11. The molecule has 0 fully saturated rings. The molecule has 2 nitrogen and oxygen atoms in total. The Balaban J connectivity index is 3.95. The van der Waals surface area contributed by atoms with Gasteiger partial charge >= 0.3 is 0 Å². The minimum atomic E-state index is 0.222. The van der Waals surface area contributed by atoms with E-state index in [4.69, 9.17) is 5.11 Å². The molecule has 3 heteroatoms. The van der Waals surface area contributed by atoms with Gasteiger partial charge in [-0.05, 0) is 34.2 Å². The van der Waals surface area contributed by atoms with Gasteiger partial charge in [0.05, 0.1) is 6.61 Å². The Morgan fingerprint density at radius 2 is 1.71 bits per heavy atom. The van der Waals surface area contributed by atoms with Crippen LogP contribution >= 0.6 is 11.8 Å². The molecule has 0 aromatic rings. The summed E-state index contributed by atoms with van der Waals surface area (Å²) in [6, 6.07) is 0. The van der Waals surface area contributed by atoms with E-state index in [1.54, 1.807) is 0 Å². The third-order valence-corrected chi connectivity index (χ3v) is 4.22. The highest BCUT2D eigenvalue weighted by molar-refractivity contribution is 8.00. The molecular formula is C14H29NOS. The summed E-state index contributed by atoms with van der Waals surface area (Å²) in [7, 11) is 2.15. The Hall–Kier alpha value is 0.01000. The number of aliphatic hydroxyl groups excluding tert-OH is 1. The monoisotopic (exact) mass is 259 g/mol. The van der Waals surface area contributed by atoms with Crippen LogP contribution in [0.2, 0.25) is 0 Å². The molecule has 0 spiro atoms. The van der Waals surface area contributed by atoms with Gasteiger partial charge in [-0.1, -0.05) is 26.0 Å². The molecule has 0 atom stereocenters. The van der Waals surface area contributed by atoms with Gasteiger partial charge in [0, 0.05) is 22.6 Å². The molecule has 1 N–H and O–H groups in total. The number of hydrogen-bond acceptors (Lipinski definition) is 3. The number of aliphatic hydroxyl groups is 1. The van der Waals surface area contributed by atoms with Gasteiger partial charge in [0.25, 0.3) is 0 Å². The zero-order valence-corrected chi connectivity index (χ0v) is 13.1. The van der Waals surface area contributed by atoms with Crippen LogP contribution in [-0.2, 0) is 0 Å². The first-order valence-electron chi connectivity index (χ1n) is 6.30. The van der Waals surface area contributed by atoms with E-state index in [1.807, 2.05) is 11.8 Å². The lowest BCUT2D eigenvalue weighted by atomic mass is 10.1. The number of thioether (sulfide) groups is 1. The first kappa shape index (κ1) is 17.0. The van der Waals surface area contributed by atoms with Crippen molar-refractivity contribution in [3.8, 4) is 0 Å². The van der Waals surface area contributed by atoms with E-state index in [-0.39, 0.29) is 16.9 Å². The van der Waals surface area contributed by atoms with E-state index in [9.17, 15) is 0 Å². The number of allylic oxidation sites excluding steroid dienone is 1. The number of hydrogen-bond donors (Lipinski definition) is 1. The SMILES string of the molecule is CN(C/C=C/CC(C)(C)SCCO)C(C)(C)C. The number of rotatable bonds is 7. The first-order chi connectivity index (χ1) is 7.69. The molecule has 0 rings (SSSR count). The summed E-state index contributed by atoms with van der Waals surface area (Å²) in [5, 5.41) is 8.82. The van der Waals surface area contributed by atoms with E-state index in [0.29, 0.717) is 0 Å². The Labute approximate surface area is 111 Å². The van der Waals surface area contributed by atoms with Gasteiger partial charge in [-0.15, -0.1) is 0 Å². The normalized spacial score (nSPS) is 13.9. The topological polar surface area (TPSA) is 23.5 Å². The van der Waals surface area contributed by atoms with Gasteiger partial charge < -0.3 is 5.11 Å². The predicted octanol–water partition coefficient (Wildman–Crippen LogP) is 3.17. The smallest absolute Gasteiger partial charge is 0.0521 e. The van der Waals surface area contributed by atoms with Crippen molar-refractivity contribution in [3.05, 3.63) is 12.2 Å². The second kappa shape index (κ2) is 7.45. The lowest BCUT2D eigenvalue weighted by Gasteiger charge is -2.30. The fourth-order valence-electron chi connectivity index (χ4n) is 1.25. The van der Waals surface area contributed by atoms with E-state index >= 15 is 0 Å². The van der Waals surface area contributed by atoms with Crippen LogP contribution in [0.3, 0.4) is 0 Å². The summed E-state index contributed by atoms with van der Waals surface area (Å²) in [4.78, 5) is 2.33. The molecule has 0 amide bonds. The maximum Gasteiger partial charge on any atom is 0.0521 e. The zero-order valence-electron chi connectivity index (χ0n) is 12.3. The Morgan fingerprint density at radius 3 is 2.18 bits per heavy atom. The van der Waals surface area contributed by atoms with Crippen molar-refractivity contribution in [3.63, 3.8) is 0 Å². The molecular weight excluding hydrogens is 230 g/mol. The minimum absolute atomic E-state index is 0.222. The molecule has 0 unspecified atom stereocenters. The molecule has 0 bridgehead atoms. The molecule has 0 aliphatic carbocycles. The van der Waals surface area contributed by atoms with Gasteiger partial charge in [-0.25, -0.2) is 0 Å². The van der Waals surface area contributed by atoms with Crippen molar-refractivity contribution in [2.45, 2.75) is 51.3 Å². The van der Waals surface area contributed by atoms with Crippen LogP contribution in [0.4, 0.5) is 0 Å². The lowest BCUT2D eigenvalue weighted by molar-refractivity contribution is 0.195. The van der Waals surface area contributed by atoms with Gasteiger partial charge in [0.2, 0.25) is 0 Å². The minimum Gasteiger partial charge on any atom is -0.396 e. The molecule has 0 radical (unpaired) electrons. The standard InChI is InChI=1S/C14H29NOS/c1-13(2,3)15(6)10-8-7-9-14(4,5)17-12-11-16/h7-8,16H,9-12H2,1-6H3/b8-7+. The summed E-state index contributed by atoms with van der Waals surface area (Å²) in [5.41, 5.74) is 0.228. The van der Waals surface area contributed by atoms with Crippen molar-refractivity contribution in [2.24, 2.45) is 0 Å². The van der Waals surface area contributed by atoms with Gasteiger partial charge in [0.1, 0.15) is 0 Å². The summed E-state index contributed by atoms with van der Waals surface area (Å²) >= 11 is 1.83. The zero-order chi connectivity index (χ0) is 13.5. The Bertz CT molecular complexity index is 231. The van der Waals surface area contributed by atoms with Crippen LogP contribution in [0.25, 0.3) is 0 Å². The summed E-state index contributed by atoms with van der Waals surface area (Å²) < 4.78 is 0.222. The average molecular weight is 259 g/mol. The molecule has 0 aliphatic rings. The number of nitrogens with zero attached hydrogens (tertiary/aromatic N) is 1. The third kappa shape index (κ3) is 8.70. The molecule has 0 aliphatic heterocycles. The first-order valence-corrected chi connectivity index (χ1v) is 7.29. The van der Waals surface area contributed by atoms with Crippen LogP contribution in [0.15, 0.2) is 12.2 Å². The molecule has 0 saturated carbocycles. The van der Waals surface area contributed by atoms with Gasteiger partial charge in [-0.3, -0.25) is 4.90 Å². The quantitative estimate of drug-likeness (QED) is 0.710. The molecule has 0 saturated heterocycles. The highest BCUT2D eigenvalue weighted by Gasteiger charge is 2.17. The maximum absolute atomic E-state index is 8.82. The van der Waals surface area contributed by atoms with E-state index < -0.39 is 0 Å². The van der Waals surface area contributed by atoms with Crippen LogP contribution in [0.5, 0.6) is 0 Å². The average Bonchev–Trinajstić information content (AvgIpc) is 2.20. The van der Waals surface area contributed by atoms with Crippen LogP contribution in [0.1, 0.15) is 41.0 Å². The van der Waals surface area contributed by atoms with E-state index in [2.05, 4.69) is 58.7 Å². The van der Waals surface area contributed by atoms with Crippen molar-refractivity contribution >= 4 is 11.8 Å². The molecule has 17 heavy (non-hydrogen) atoms. The summed E-state index contributed by atoms with van der Waals surface area (Å²) in [6.45, 7) is 12.4. The van der Waals surface area contributed by atoms with Crippen LogP contribution < -0.4 is 0 Å². The fraction of sp³-hybridized carbons (Fsp3) is 0.857. The largest absolute Gasteiger partial charge is 0.396 e. The Kier molecular flexibility index (Phi) is 7.45. The highest BCUT2D eigenvalue weighted by Crippen LogP contribution is 2.27. The summed E-state index contributed by atoms with van der Waals surface area (Å²) in [6.07, 6.45) is 5.55. The maximum atomic E-state index is 8.82. The van der Waals surface area contributed by atoms with Crippen molar-refractivity contribution < 1.29 is 5.11 Å². The Morgan fingerprint density at radius 1 is 1.12 bits per heavy atom. The van der Waals surface area contributed by atoms with Gasteiger partial charge in [0.15, 0.2) is 0 Å². The van der Waals surface area contributed by atoms with E-state index in [1.165, 1.54) is 0 Å². The van der Waals surface area contributed by atoms with Crippen molar-refractivity contribution in [1.29, 1.82) is 0 Å². The predicted molar refractivity (Wildman–Crippen MR) is 79.8 cm³/mol. The van der Waals surface area contributed by atoms with Crippen LogP contribution in [-0.4, -0.2) is 46.2 Å². The second-order valence-electron chi connectivity index (χ2n) is 6.06. The second-order valence-corrected chi connectivity index (χ2v) is 7.86. The molecule has 0 aromatic carbocycles.